The van der Waals surface area contributed by atoms with Crippen LogP contribution in [0.2, 0.25) is 0 Å². The molecule has 0 unspecified atom stereocenters. The Labute approximate surface area is 143 Å². The Kier molecular flexibility index (Phi) is 4.60. The maximum atomic E-state index is 12.3. The van der Waals surface area contributed by atoms with Crippen molar-refractivity contribution < 1.29 is 19.1 Å². The number of anilines is 2. The van der Waals surface area contributed by atoms with Crippen LogP contribution >= 0.6 is 0 Å². The normalized spacial score (nSPS) is 16.1. The summed E-state index contributed by atoms with van der Waals surface area (Å²) in [5.74, 6) is -0.844. The summed E-state index contributed by atoms with van der Waals surface area (Å²) in [6, 6.07) is 8.93. The molecule has 1 aliphatic rings. The van der Waals surface area contributed by atoms with Crippen LogP contribution in [0.1, 0.15) is 16.8 Å². The number of carbonyl (C=O) groups is 3. The lowest BCUT2D eigenvalue weighted by Crippen LogP contribution is -2.43. The standard InChI is InChI=1S/C17H16N4O4/c1-25-15-7-6-10(9-18-15)19-14(22)8-13-17(24)20-12-5-3-2-4-11(12)16(23)21-13/h2-7,9,13H,8H2,1H3,(H,19,22)(H,20,24)(H,21,23)/t13-/m1/s1. The zero-order chi connectivity index (χ0) is 17.8. The first kappa shape index (κ1) is 16.4. The second-order valence-electron chi connectivity index (χ2n) is 5.40. The number of aromatic nitrogens is 1. The lowest BCUT2D eigenvalue weighted by Gasteiger charge is -2.14. The second kappa shape index (κ2) is 7.00. The summed E-state index contributed by atoms with van der Waals surface area (Å²) in [5.41, 5.74) is 1.25. The predicted octanol–water partition coefficient (Wildman–Crippen LogP) is 1.17. The average Bonchev–Trinajstić information content (AvgIpc) is 2.72. The molecule has 1 atom stereocenters. The van der Waals surface area contributed by atoms with Gasteiger partial charge in [-0.05, 0) is 18.2 Å². The molecule has 0 radical (unpaired) electrons. The van der Waals surface area contributed by atoms with Crippen LogP contribution in [0.15, 0.2) is 42.6 Å². The van der Waals surface area contributed by atoms with Crippen LogP contribution in [0.4, 0.5) is 11.4 Å². The van der Waals surface area contributed by atoms with Crippen molar-refractivity contribution in [2.45, 2.75) is 12.5 Å². The smallest absolute Gasteiger partial charge is 0.254 e. The van der Waals surface area contributed by atoms with Crippen LogP contribution < -0.4 is 20.7 Å². The number of nitrogens with zero attached hydrogens (tertiary/aromatic N) is 1. The molecule has 0 aliphatic carbocycles. The molecule has 0 saturated carbocycles. The number of fused-ring (bicyclic) bond motifs is 1. The van der Waals surface area contributed by atoms with Gasteiger partial charge in [0.15, 0.2) is 0 Å². The average molecular weight is 340 g/mol. The van der Waals surface area contributed by atoms with Gasteiger partial charge in [0.1, 0.15) is 6.04 Å². The summed E-state index contributed by atoms with van der Waals surface area (Å²) < 4.78 is 4.94. The van der Waals surface area contributed by atoms with Gasteiger partial charge in [-0.1, -0.05) is 12.1 Å². The van der Waals surface area contributed by atoms with E-state index >= 15 is 0 Å². The molecule has 0 saturated heterocycles. The molecule has 128 valence electrons. The van der Waals surface area contributed by atoms with Gasteiger partial charge in [0.2, 0.25) is 17.7 Å². The minimum absolute atomic E-state index is 0.197. The lowest BCUT2D eigenvalue weighted by molar-refractivity contribution is -0.122. The molecule has 25 heavy (non-hydrogen) atoms. The largest absolute Gasteiger partial charge is 0.481 e. The highest BCUT2D eigenvalue weighted by atomic mass is 16.5. The van der Waals surface area contributed by atoms with Gasteiger partial charge in [0, 0.05) is 6.07 Å². The number of hydrogen-bond donors (Lipinski definition) is 3. The topological polar surface area (TPSA) is 109 Å². The maximum Gasteiger partial charge on any atom is 0.254 e. The molecule has 3 N–H and O–H groups in total. The number of pyridine rings is 1. The molecule has 1 aromatic heterocycles. The molecule has 0 bridgehead atoms. The van der Waals surface area contributed by atoms with E-state index in [2.05, 4.69) is 20.9 Å². The number of carbonyl (C=O) groups excluding carboxylic acids is 3. The van der Waals surface area contributed by atoms with Gasteiger partial charge in [-0.3, -0.25) is 14.4 Å². The quantitative estimate of drug-likeness (QED) is 0.774. The molecule has 8 nitrogen and oxygen atoms in total. The van der Waals surface area contributed by atoms with Crippen LogP contribution in [0.5, 0.6) is 5.88 Å². The fourth-order valence-electron chi connectivity index (χ4n) is 2.43. The van der Waals surface area contributed by atoms with Crippen LogP contribution in [-0.2, 0) is 9.59 Å². The minimum atomic E-state index is -0.967. The van der Waals surface area contributed by atoms with Crippen LogP contribution in [-0.4, -0.2) is 35.9 Å². The third-order valence-corrected chi connectivity index (χ3v) is 3.67. The summed E-state index contributed by atoms with van der Waals surface area (Å²) >= 11 is 0. The van der Waals surface area contributed by atoms with E-state index < -0.39 is 23.8 Å². The van der Waals surface area contributed by atoms with Gasteiger partial charge in [0.25, 0.3) is 5.91 Å². The van der Waals surface area contributed by atoms with Gasteiger partial charge in [-0.25, -0.2) is 4.98 Å². The van der Waals surface area contributed by atoms with Crippen LogP contribution in [0, 0.1) is 0 Å². The molecule has 3 rings (SSSR count). The molecular weight excluding hydrogens is 324 g/mol. The Morgan fingerprint density at radius 2 is 2.04 bits per heavy atom. The number of hydrogen-bond acceptors (Lipinski definition) is 5. The summed E-state index contributed by atoms with van der Waals surface area (Å²) in [6.45, 7) is 0. The Morgan fingerprint density at radius 3 is 2.76 bits per heavy atom. The molecule has 2 aromatic rings. The number of para-hydroxylation sites is 1. The van der Waals surface area contributed by atoms with Crippen molar-refractivity contribution in [2.24, 2.45) is 0 Å². The molecule has 0 spiro atoms. The summed E-state index contributed by atoms with van der Waals surface area (Å²) in [4.78, 5) is 40.6. The van der Waals surface area contributed by atoms with Crippen molar-refractivity contribution in [3.05, 3.63) is 48.2 Å². The fraction of sp³-hybridized carbons (Fsp3) is 0.176. The Morgan fingerprint density at radius 1 is 1.24 bits per heavy atom. The Bertz CT molecular complexity index is 820. The highest BCUT2D eigenvalue weighted by Gasteiger charge is 2.29. The number of rotatable bonds is 4. The highest BCUT2D eigenvalue weighted by Crippen LogP contribution is 2.19. The van der Waals surface area contributed by atoms with E-state index in [9.17, 15) is 14.4 Å². The first-order valence-corrected chi connectivity index (χ1v) is 7.57. The second-order valence-corrected chi connectivity index (χ2v) is 5.40. The van der Waals surface area contributed by atoms with Gasteiger partial charge in [-0.2, -0.15) is 0 Å². The lowest BCUT2D eigenvalue weighted by atomic mass is 10.1. The van der Waals surface area contributed by atoms with E-state index in [4.69, 9.17) is 4.74 Å². The monoisotopic (exact) mass is 340 g/mol. The van der Waals surface area contributed by atoms with Crippen molar-refractivity contribution in [3.8, 4) is 5.88 Å². The summed E-state index contributed by atoms with van der Waals surface area (Å²) in [5, 5.41) is 7.86. The zero-order valence-electron chi connectivity index (χ0n) is 13.4. The Balaban J connectivity index is 1.67. The van der Waals surface area contributed by atoms with Crippen molar-refractivity contribution >= 4 is 29.1 Å². The minimum Gasteiger partial charge on any atom is -0.481 e. The van der Waals surface area contributed by atoms with E-state index in [1.807, 2.05) is 0 Å². The van der Waals surface area contributed by atoms with Crippen molar-refractivity contribution in [3.63, 3.8) is 0 Å². The highest BCUT2D eigenvalue weighted by molar-refractivity contribution is 6.11. The number of benzene rings is 1. The Hall–Kier alpha value is -3.42. The van der Waals surface area contributed by atoms with Gasteiger partial charge < -0.3 is 20.7 Å². The van der Waals surface area contributed by atoms with E-state index in [1.54, 1.807) is 36.4 Å². The van der Waals surface area contributed by atoms with Crippen molar-refractivity contribution in [2.75, 3.05) is 17.7 Å². The van der Waals surface area contributed by atoms with Crippen molar-refractivity contribution in [1.29, 1.82) is 0 Å². The molecule has 8 heteroatoms. The number of methoxy groups -OCH3 is 1. The first-order valence-electron chi connectivity index (χ1n) is 7.57. The van der Waals surface area contributed by atoms with E-state index in [-0.39, 0.29) is 6.42 Å². The third-order valence-electron chi connectivity index (χ3n) is 3.67. The van der Waals surface area contributed by atoms with Gasteiger partial charge in [0.05, 0.1) is 36.7 Å². The van der Waals surface area contributed by atoms with Gasteiger partial charge >= 0.3 is 0 Å². The van der Waals surface area contributed by atoms with E-state index in [0.29, 0.717) is 22.8 Å². The number of nitrogens with one attached hydrogen (secondary N) is 3. The number of ether oxygens (including phenoxy) is 1. The van der Waals surface area contributed by atoms with Crippen LogP contribution in [0.3, 0.4) is 0 Å². The summed E-state index contributed by atoms with van der Waals surface area (Å²) in [7, 11) is 1.49. The zero-order valence-corrected chi connectivity index (χ0v) is 13.4. The third kappa shape index (κ3) is 3.74. The van der Waals surface area contributed by atoms with Crippen molar-refractivity contribution in [1.82, 2.24) is 10.3 Å². The van der Waals surface area contributed by atoms with E-state index in [1.165, 1.54) is 13.3 Å². The SMILES string of the molecule is COc1ccc(NC(=O)C[C@H]2NC(=O)c3ccccc3NC2=O)cn1. The summed E-state index contributed by atoms with van der Waals surface area (Å²) in [6.07, 6.45) is 1.25. The molecule has 1 aliphatic heterocycles. The molecule has 0 fully saturated rings. The van der Waals surface area contributed by atoms with Crippen LogP contribution in [0.25, 0.3) is 0 Å². The first-order chi connectivity index (χ1) is 12.1. The predicted molar refractivity (Wildman–Crippen MR) is 90.4 cm³/mol. The molecule has 1 aromatic carbocycles. The molecule has 3 amide bonds. The van der Waals surface area contributed by atoms with E-state index in [0.717, 1.165) is 0 Å². The van der Waals surface area contributed by atoms with Gasteiger partial charge in [-0.15, -0.1) is 0 Å². The fourth-order valence-corrected chi connectivity index (χ4v) is 2.43. The maximum absolute atomic E-state index is 12.3. The molecular formula is C17H16N4O4. The number of amides is 3. The molecule has 2 heterocycles.